The van der Waals surface area contributed by atoms with E-state index >= 15 is 0 Å². The highest BCUT2D eigenvalue weighted by Gasteiger charge is 2.27. The van der Waals surface area contributed by atoms with Crippen molar-refractivity contribution in [2.75, 3.05) is 13.1 Å². The molecule has 2 aromatic rings. The van der Waals surface area contributed by atoms with Crippen molar-refractivity contribution >= 4 is 29.7 Å². The number of benzene rings is 1. The molecule has 0 spiro atoms. The summed E-state index contributed by atoms with van der Waals surface area (Å²) in [6.07, 6.45) is 3.16. The first-order valence-electron chi connectivity index (χ1n) is 7.56. The van der Waals surface area contributed by atoms with Gasteiger partial charge in [0.2, 0.25) is 0 Å². The van der Waals surface area contributed by atoms with Crippen LogP contribution in [0.1, 0.15) is 28.9 Å². The fourth-order valence-corrected chi connectivity index (χ4v) is 3.84. The van der Waals surface area contributed by atoms with Gasteiger partial charge in [0.05, 0.1) is 4.88 Å². The minimum atomic E-state index is -0.254. The molecule has 23 heavy (non-hydrogen) atoms. The van der Waals surface area contributed by atoms with E-state index in [9.17, 15) is 9.18 Å². The van der Waals surface area contributed by atoms with E-state index in [1.807, 2.05) is 17.0 Å². The lowest BCUT2D eigenvalue weighted by atomic mass is 10.0. The van der Waals surface area contributed by atoms with E-state index in [2.05, 4.69) is 0 Å². The molecule has 2 N–H and O–H groups in total. The monoisotopic (exact) mass is 354 g/mol. The van der Waals surface area contributed by atoms with Gasteiger partial charge in [0.25, 0.3) is 5.91 Å². The summed E-state index contributed by atoms with van der Waals surface area (Å²) >= 11 is 1.45. The van der Waals surface area contributed by atoms with Gasteiger partial charge in [0.15, 0.2) is 0 Å². The van der Waals surface area contributed by atoms with Crippen molar-refractivity contribution in [3.05, 3.63) is 47.1 Å². The van der Waals surface area contributed by atoms with E-state index in [0.717, 1.165) is 41.1 Å². The van der Waals surface area contributed by atoms with Crippen molar-refractivity contribution in [3.63, 3.8) is 0 Å². The molecule has 0 bridgehead atoms. The predicted octanol–water partition coefficient (Wildman–Crippen LogP) is 3.93. The molecule has 1 amide bonds. The van der Waals surface area contributed by atoms with E-state index in [0.29, 0.717) is 6.54 Å². The lowest BCUT2D eigenvalue weighted by Crippen LogP contribution is -2.47. The molecule has 2 heterocycles. The van der Waals surface area contributed by atoms with Gasteiger partial charge in [-0.05, 0) is 49.1 Å². The van der Waals surface area contributed by atoms with Crippen LogP contribution in [-0.2, 0) is 0 Å². The maximum absolute atomic E-state index is 13.0. The van der Waals surface area contributed by atoms with Gasteiger partial charge in [-0.3, -0.25) is 4.79 Å². The summed E-state index contributed by atoms with van der Waals surface area (Å²) in [5.74, 6) is -0.191. The van der Waals surface area contributed by atoms with Gasteiger partial charge in [0.1, 0.15) is 5.82 Å². The van der Waals surface area contributed by atoms with E-state index in [1.54, 1.807) is 12.1 Å². The number of likely N-dealkylation sites (tertiary alicyclic amines) is 1. The molecule has 1 aliphatic heterocycles. The zero-order valence-corrected chi connectivity index (χ0v) is 14.3. The van der Waals surface area contributed by atoms with Crippen LogP contribution in [0.15, 0.2) is 36.4 Å². The van der Waals surface area contributed by atoms with Gasteiger partial charge in [0, 0.05) is 24.0 Å². The Morgan fingerprint density at radius 3 is 2.65 bits per heavy atom. The summed E-state index contributed by atoms with van der Waals surface area (Å²) in [4.78, 5) is 16.3. The summed E-state index contributed by atoms with van der Waals surface area (Å²) in [6, 6.07) is 10.3. The fourth-order valence-electron chi connectivity index (χ4n) is 2.88. The number of nitrogens with zero attached hydrogens (tertiary/aromatic N) is 1. The Morgan fingerprint density at radius 2 is 1.96 bits per heavy atom. The Kier molecular flexibility index (Phi) is 6.16. The van der Waals surface area contributed by atoms with E-state index in [-0.39, 0.29) is 30.2 Å². The second kappa shape index (κ2) is 7.90. The molecule has 1 aliphatic rings. The van der Waals surface area contributed by atoms with Crippen molar-refractivity contribution in [1.29, 1.82) is 0 Å². The molecular formula is C17H20ClFN2OS. The lowest BCUT2D eigenvalue weighted by Gasteiger charge is -2.34. The smallest absolute Gasteiger partial charge is 0.264 e. The summed E-state index contributed by atoms with van der Waals surface area (Å²) in [7, 11) is 0. The molecule has 1 atom stereocenters. The van der Waals surface area contributed by atoms with Crippen LogP contribution < -0.4 is 5.73 Å². The van der Waals surface area contributed by atoms with Gasteiger partial charge < -0.3 is 10.6 Å². The average molecular weight is 355 g/mol. The number of halogens is 2. The molecule has 0 saturated carbocycles. The highest BCUT2D eigenvalue weighted by atomic mass is 35.5. The van der Waals surface area contributed by atoms with Crippen molar-refractivity contribution in [2.24, 2.45) is 5.73 Å². The zero-order chi connectivity index (χ0) is 15.5. The Hall–Kier alpha value is -1.43. The van der Waals surface area contributed by atoms with Crippen molar-refractivity contribution in [2.45, 2.75) is 25.3 Å². The van der Waals surface area contributed by atoms with Crippen LogP contribution >= 0.6 is 23.7 Å². The SMILES string of the molecule is Cl.NCC1CCCCN1C(=O)c1ccc(-c2ccc(F)cc2)s1. The zero-order valence-electron chi connectivity index (χ0n) is 12.7. The first-order valence-corrected chi connectivity index (χ1v) is 8.37. The Balaban J connectivity index is 0.00000192. The van der Waals surface area contributed by atoms with E-state index in [1.165, 1.54) is 23.5 Å². The van der Waals surface area contributed by atoms with Gasteiger partial charge in [-0.2, -0.15) is 0 Å². The van der Waals surface area contributed by atoms with E-state index < -0.39 is 0 Å². The number of carbonyl (C=O) groups is 1. The highest BCUT2D eigenvalue weighted by molar-refractivity contribution is 7.17. The third-order valence-electron chi connectivity index (χ3n) is 4.11. The number of nitrogens with two attached hydrogens (primary N) is 1. The number of hydrogen-bond donors (Lipinski definition) is 1. The summed E-state index contributed by atoms with van der Waals surface area (Å²) < 4.78 is 13.0. The molecule has 124 valence electrons. The quantitative estimate of drug-likeness (QED) is 0.907. The topological polar surface area (TPSA) is 46.3 Å². The predicted molar refractivity (Wildman–Crippen MR) is 94.7 cm³/mol. The molecule has 1 saturated heterocycles. The van der Waals surface area contributed by atoms with Crippen LogP contribution in [0.4, 0.5) is 4.39 Å². The molecule has 1 aromatic carbocycles. The molecule has 3 nitrogen and oxygen atoms in total. The Morgan fingerprint density at radius 1 is 1.22 bits per heavy atom. The first-order chi connectivity index (χ1) is 10.7. The molecule has 0 radical (unpaired) electrons. The number of amides is 1. The lowest BCUT2D eigenvalue weighted by molar-refractivity contribution is 0.0628. The summed E-state index contributed by atoms with van der Waals surface area (Å²) in [5.41, 5.74) is 6.72. The van der Waals surface area contributed by atoms with Gasteiger partial charge in [-0.15, -0.1) is 23.7 Å². The van der Waals surface area contributed by atoms with Crippen LogP contribution in [-0.4, -0.2) is 29.9 Å². The minimum Gasteiger partial charge on any atom is -0.334 e. The maximum atomic E-state index is 13.0. The number of piperidine rings is 1. The number of carbonyl (C=O) groups excluding carboxylic acids is 1. The summed E-state index contributed by atoms with van der Waals surface area (Å²) in [6.45, 7) is 1.30. The molecule has 6 heteroatoms. The van der Waals surface area contributed by atoms with Crippen LogP contribution in [0.25, 0.3) is 10.4 Å². The van der Waals surface area contributed by atoms with Gasteiger partial charge in [-0.25, -0.2) is 4.39 Å². The second-order valence-corrected chi connectivity index (χ2v) is 6.64. The second-order valence-electron chi connectivity index (χ2n) is 5.55. The molecule has 1 aromatic heterocycles. The molecule has 1 unspecified atom stereocenters. The number of thiophene rings is 1. The number of hydrogen-bond acceptors (Lipinski definition) is 3. The van der Waals surface area contributed by atoms with Crippen molar-refractivity contribution in [3.8, 4) is 10.4 Å². The highest BCUT2D eigenvalue weighted by Crippen LogP contribution is 2.30. The normalized spacial score (nSPS) is 17.7. The van der Waals surface area contributed by atoms with Crippen LogP contribution in [0, 0.1) is 5.82 Å². The van der Waals surface area contributed by atoms with Crippen molar-refractivity contribution < 1.29 is 9.18 Å². The van der Waals surface area contributed by atoms with Crippen LogP contribution in [0.2, 0.25) is 0 Å². The van der Waals surface area contributed by atoms with Gasteiger partial charge >= 0.3 is 0 Å². The van der Waals surface area contributed by atoms with Crippen LogP contribution in [0.3, 0.4) is 0 Å². The Labute approximate surface area is 145 Å². The fraction of sp³-hybridized carbons (Fsp3) is 0.353. The van der Waals surface area contributed by atoms with Crippen LogP contribution in [0.5, 0.6) is 0 Å². The largest absolute Gasteiger partial charge is 0.334 e. The van der Waals surface area contributed by atoms with Gasteiger partial charge in [-0.1, -0.05) is 12.1 Å². The Bertz CT molecular complexity index is 659. The van der Waals surface area contributed by atoms with E-state index in [4.69, 9.17) is 5.73 Å². The third-order valence-corrected chi connectivity index (χ3v) is 5.23. The molecule has 3 rings (SSSR count). The number of rotatable bonds is 3. The van der Waals surface area contributed by atoms with Crippen molar-refractivity contribution in [1.82, 2.24) is 4.90 Å². The average Bonchev–Trinajstić information content (AvgIpc) is 3.05. The molecule has 0 aliphatic carbocycles. The molecular weight excluding hydrogens is 335 g/mol. The summed E-state index contributed by atoms with van der Waals surface area (Å²) in [5, 5.41) is 0. The minimum absolute atomic E-state index is 0. The third kappa shape index (κ3) is 3.91. The first kappa shape index (κ1) is 17.9. The maximum Gasteiger partial charge on any atom is 0.264 e. The molecule has 1 fully saturated rings. The standard InChI is InChI=1S/C17H19FN2OS.ClH/c18-13-6-4-12(5-7-13)15-8-9-16(22-15)17(21)20-10-2-1-3-14(20)11-19;/h4-9,14H,1-3,10-11,19H2;1H.